The molecule has 0 aliphatic carbocycles. The Balaban J connectivity index is -0.00000000400. The zero-order chi connectivity index (χ0) is 5.41. The molecular weight excluding hydrogens is 386 g/mol. The number of nitrogens with zero attached hydrogens (tertiary/aromatic N) is 2. The molecule has 74 valence electrons. The molecular formula is H8Cl2N4O4Pt+2. The Morgan fingerprint density at radius 1 is 0.818 bits per heavy atom. The second-order valence-electron chi connectivity index (χ2n) is 0.163. The summed E-state index contributed by atoms with van der Waals surface area (Å²) < 4.78 is 0. The largest absolute Gasteiger partial charge is 4.00 e. The summed E-state index contributed by atoms with van der Waals surface area (Å²) in [5, 5.41) is 15.8. The van der Waals surface area contributed by atoms with E-state index in [1.807, 2.05) is 0 Å². The van der Waals surface area contributed by atoms with Crippen molar-refractivity contribution in [2.45, 2.75) is 0 Å². The van der Waals surface area contributed by atoms with E-state index in [0.29, 0.717) is 0 Å². The van der Waals surface area contributed by atoms with Gasteiger partial charge in [0.1, 0.15) is 0 Å². The fraction of sp³-hybridized carbons (Fsp3) is 0. The van der Waals surface area contributed by atoms with Gasteiger partial charge in [-0.3, -0.25) is 0 Å². The van der Waals surface area contributed by atoms with Gasteiger partial charge in [0.15, 0.2) is 10.7 Å². The zero-order valence-corrected chi connectivity index (χ0v) is 8.88. The maximum atomic E-state index is 8.11. The van der Waals surface area contributed by atoms with Crippen LogP contribution in [0.15, 0.2) is 10.7 Å². The molecule has 0 fully saturated rings. The molecule has 0 saturated carbocycles. The standard InChI is InChI=1S/2ClH.2HNO2.2H3N.Pt/c;;2*2-1-3;;;/h2*1H;2*(H,2,3);2*1H3;/q;;;;;;+4/p-2. The van der Waals surface area contributed by atoms with Crippen molar-refractivity contribution in [2.75, 3.05) is 0 Å². The Labute approximate surface area is 89.2 Å². The van der Waals surface area contributed by atoms with Crippen molar-refractivity contribution in [3.05, 3.63) is 9.81 Å². The molecule has 11 heavy (non-hydrogen) atoms. The van der Waals surface area contributed by atoms with E-state index in [2.05, 4.69) is 0 Å². The van der Waals surface area contributed by atoms with Crippen LogP contribution in [0.3, 0.4) is 0 Å². The van der Waals surface area contributed by atoms with Crippen molar-refractivity contribution in [1.82, 2.24) is 12.3 Å². The molecule has 0 unspecified atom stereocenters. The van der Waals surface area contributed by atoms with Gasteiger partial charge in [-0.05, 0) is 0 Å². The third kappa shape index (κ3) is 4670000. The van der Waals surface area contributed by atoms with Crippen LogP contribution < -0.4 is 37.1 Å². The summed E-state index contributed by atoms with van der Waals surface area (Å²) in [4.78, 5) is 16.2. The van der Waals surface area contributed by atoms with E-state index in [4.69, 9.17) is 20.2 Å². The van der Waals surface area contributed by atoms with Gasteiger partial charge in [0.25, 0.3) is 0 Å². The molecule has 0 heterocycles. The van der Waals surface area contributed by atoms with Gasteiger partial charge in [-0.25, -0.2) is 0 Å². The normalized spacial score (nSPS) is 2.18. The average molecular weight is 394 g/mol. The summed E-state index contributed by atoms with van der Waals surface area (Å²) >= 11 is 0. The summed E-state index contributed by atoms with van der Waals surface area (Å²) in [6, 6.07) is 0. The van der Waals surface area contributed by atoms with Gasteiger partial charge in [0, 0.05) is 0 Å². The molecule has 11 heteroatoms. The monoisotopic (exact) mass is 393 g/mol. The van der Waals surface area contributed by atoms with Crippen LogP contribution in [-0.2, 0) is 21.1 Å². The Hall–Kier alpha value is -0.0117. The van der Waals surface area contributed by atoms with E-state index in [-0.39, 0.29) is 58.2 Å². The van der Waals surface area contributed by atoms with Crippen LogP contribution in [0, 0.1) is 9.81 Å². The Morgan fingerprint density at radius 2 is 0.818 bits per heavy atom. The summed E-state index contributed by atoms with van der Waals surface area (Å²) in [5.41, 5.74) is 0. The molecule has 8 N–H and O–H groups in total. The van der Waals surface area contributed by atoms with Gasteiger partial charge < -0.3 is 47.5 Å². The molecule has 0 saturated heterocycles. The first-order valence-corrected chi connectivity index (χ1v) is 0.765. The van der Waals surface area contributed by atoms with Crippen molar-refractivity contribution in [1.29, 1.82) is 0 Å². The number of hydrogen-bond donors (Lipinski definition) is 4. The van der Waals surface area contributed by atoms with Crippen molar-refractivity contribution in [3.8, 4) is 0 Å². The van der Waals surface area contributed by atoms with Crippen LogP contribution in [0.25, 0.3) is 0 Å². The molecule has 0 radical (unpaired) electrons. The molecule has 0 aromatic carbocycles. The minimum absolute atomic E-state index is 0. The number of hydrogen-bond acceptors (Lipinski definition) is 6. The predicted octanol–water partition coefficient (Wildman–Crippen LogP) is -5.39. The van der Waals surface area contributed by atoms with Gasteiger partial charge in [-0.15, -0.1) is 9.81 Å². The Bertz CT molecular complexity index is 41.1. The minimum Gasteiger partial charge on any atom is -1.00 e. The second kappa shape index (κ2) is 204. The van der Waals surface area contributed by atoms with Crippen LogP contribution in [0.5, 0.6) is 0 Å². The van der Waals surface area contributed by atoms with Gasteiger partial charge >= 0.3 is 21.1 Å². The summed E-state index contributed by atoms with van der Waals surface area (Å²) in [6.07, 6.45) is 0. The van der Waals surface area contributed by atoms with Crippen molar-refractivity contribution >= 4 is 0 Å². The first-order valence-electron chi connectivity index (χ1n) is 0.765. The Kier molecular flexibility index (Phi) is 1280. The van der Waals surface area contributed by atoms with Crippen LogP contribution >= 0.6 is 0 Å². The van der Waals surface area contributed by atoms with Gasteiger partial charge in [-0.1, -0.05) is 0 Å². The summed E-state index contributed by atoms with van der Waals surface area (Å²) in [6.45, 7) is 0. The first kappa shape index (κ1) is 68.9. The average Bonchev–Trinajstić information content (AvgIpc) is 1.39. The third-order valence-corrected chi connectivity index (χ3v) is 0. The second-order valence-corrected chi connectivity index (χ2v) is 0.163. The quantitative estimate of drug-likeness (QED) is 0.236. The zero-order valence-electron chi connectivity index (χ0n) is 5.09. The number of rotatable bonds is 0. The fourth-order valence-electron chi connectivity index (χ4n) is 0. The predicted molar refractivity (Wildman–Crippen MR) is 25.2 cm³/mol. The summed E-state index contributed by atoms with van der Waals surface area (Å²) in [7, 11) is 0. The van der Waals surface area contributed by atoms with Crippen LogP contribution in [-0.4, -0.2) is 10.4 Å². The van der Waals surface area contributed by atoms with Crippen LogP contribution in [0.2, 0.25) is 0 Å². The van der Waals surface area contributed by atoms with Gasteiger partial charge in [0.05, 0.1) is 0 Å². The fourth-order valence-corrected chi connectivity index (χ4v) is 0. The topological polar surface area (TPSA) is 169 Å². The Morgan fingerprint density at radius 3 is 0.818 bits per heavy atom. The molecule has 0 atom stereocenters. The molecule has 8 nitrogen and oxygen atoms in total. The van der Waals surface area contributed by atoms with Crippen molar-refractivity contribution < 1.29 is 56.3 Å². The van der Waals surface area contributed by atoms with E-state index in [0.717, 1.165) is 0 Å². The smallest absolute Gasteiger partial charge is 1.00 e. The molecule has 0 rings (SSSR count). The van der Waals surface area contributed by atoms with E-state index in [1.54, 1.807) is 0 Å². The number of halogens is 2. The van der Waals surface area contributed by atoms with Gasteiger partial charge in [-0.2, -0.15) is 0 Å². The first-order chi connectivity index (χ1) is 2.83. The van der Waals surface area contributed by atoms with E-state index < -0.39 is 0 Å². The van der Waals surface area contributed by atoms with Gasteiger partial charge in [0.2, 0.25) is 0 Å². The van der Waals surface area contributed by atoms with Crippen LogP contribution in [0.1, 0.15) is 0 Å². The maximum Gasteiger partial charge on any atom is 4.00 e. The molecule has 0 aromatic rings. The van der Waals surface area contributed by atoms with Crippen molar-refractivity contribution in [2.24, 2.45) is 10.7 Å². The van der Waals surface area contributed by atoms with E-state index in [1.165, 1.54) is 10.7 Å². The third-order valence-electron chi connectivity index (χ3n) is 0. The van der Waals surface area contributed by atoms with Crippen LogP contribution in [0.4, 0.5) is 0 Å². The van der Waals surface area contributed by atoms with E-state index >= 15 is 0 Å². The minimum atomic E-state index is 0. The molecule has 0 bridgehead atoms. The molecule has 0 aromatic heterocycles. The maximum absolute atomic E-state index is 8.11. The molecule has 0 spiro atoms. The molecule has 0 aliphatic heterocycles. The summed E-state index contributed by atoms with van der Waals surface area (Å²) in [5.74, 6) is 0. The molecule has 0 amide bonds. The SMILES string of the molecule is N.N.O=NO.O=NO.[Cl-].[Cl-].[Pt+4]. The molecule has 0 aliphatic rings. The van der Waals surface area contributed by atoms with Crippen molar-refractivity contribution in [3.63, 3.8) is 0 Å². The van der Waals surface area contributed by atoms with E-state index in [9.17, 15) is 0 Å².